The van der Waals surface area contributed by atoms with Gasteiger partial charge in [0.05, 0.1) is 12.0 Å². The summed E-state index contributed by atoms with van der Waals surface area (Å²) in [5, 5.41) is 9.92. The summed E-state index contributed by atoms with van der Waals surface area (Å²) in [7, 11) is 0. The Morgan fingerprint density at radius 3 is 2.84 bits per heavy atom. The molecule has 1 heterocycles. The van der Waals surface area contributed by atoms with Crippen LogP contribution >= 0.6 is 11.6 Å². The third-order valence-electron chi connectivity index (χ3n) is 3.55. The topological polar surface area (TPSA) is 57.6 Å². The van der Waals surface area contributed by atoms with Crippen LogP contribution in [0, 0.1) is 5.92 Å². The lowest BCUT2D eigenvalue weighted by Gasteiger charge is -2.39. The van der Waals surface area contributed by atoms with Gasteiger partial charge in [-0.15, -0.1) is 0 Å². The van der Waals surface area contributed by atoms with Gasteiger partial charge in [0, 0.05) is 18.0 Å². The molecule has 1 amide bonds. The summed E-state index contributed by atoms with van der Waals surface area (Å²) in [6, 6.07) is 6.66. The van der Waals surface area contributed by atoms with Crippen molar-refractivity contribution < 1.29 is 14.7 Å². The van der Waals surface area contributed by atoms with Crippen LogP contribution in [0.5, 0.6) is 0 Å². The number of aliphatic carboxylic acids is 1. The largest absolute Gasteiger partial charge is 0.481 e. The van der Waals surface area contributed by atoms with Crippen molar-refractivity contribution in [2.75, 3.05) is 6.54 Å². The fraction of sp³-hybridized carbons (Fsp3) is 0.429. The zero-order chi connectivity index (χ0) is 14.0. The summed E-state index contributed by atoms with van der Waals surface area (Å²) >= 11 is 5.97. The van der Waals surface area contributed by atoms with Gasteiger partial charge in [0.25, 0.3) is 0 Å². The highest BCUT2D eigenvalue weighted by Gasteiger charge is 2.39. The summed E-state index contributed by atoms with van der Waals surface area (Å²) in [4.78, 5) is 25.0. The van der Waals surface area contributed by atoms with E-state index >= 15 is 0 Å². The molecule has 2 rings (SSSR count). The highest BCUT2D eigenvalue weighted by molar-refractivity contribution is 6.30. The van der Waals surface area contributed by atoms with E-state index < -0.39 is 17.9 Å². The maximum absolute atomic E-state index is 12.0. The second kappa shape index (κ2) is 5.61. The van der Waals surface area contributed by atoms with Crippen molar-refractivity contribution in [2.24, 2.45) is 5.92 Å². The molecule has 19 heavy (non-hydrogen) atoms. The first-order valence-corrected chi connectivity index (χ1v) is 6.70. The second-order valence-corrected chi connectivity index (χ2v) is 5.10. The van der Waals surface area contributed by atoms with Crippen molar-refractivity contribution in [2.45, 2.75) is 25.8 Å². The number of hydrogen-bond donors (Lipinski definition) is 1. The average Bonchev–Trinajstić information content (AvgIpc) is 2.37. The minimum absolute atomic E-state index is 0.00461. The van der Waals surface area contributed by atoms with E-state index in [1.807, 2.05) is 13.0 Å². The predicted molar refractivity (Wildman–Crippen MR) is 71.9 cm³/mol. The second-order valence-electron chi connectivity index (χ2n) is 4.66. The molecule has 0 aliphatic carbocycles. The highest BCUT2D eigenvalue weighted by atomic mass is 35.5. The van der Waals surface area contributed by atoms with E-state index in [2.05, 4.69) is 0 Å². The number of halogens is 1. The van der Waals surface area contributed by atoms with Crippen LogP contribution in [0.3, 0.4) is 0 Å². The van der Waals surface area contributed by atoms with Gasteiger partial charge in [0.2, 0.25) is 5.91 Å². The van der Waals surface area contributed by atoms with Crippen LogP contribution in [0.1, 0.15) is 31.4 Å². The first-order chi connectivity index (χ1) is 9.04. The predicted octanol–water partition coefficient (Wildman–Crippen LogP) is 2.72. The first kappa shape index (κ1) is 13.9. The number of benzene rings is 1. The Labute approximate surface area is 117 Å². The standard InChI is InChI=1S/C14H16ClNO3/c1-2-16-12(17)7-6-11(14(18)19)13(16)9-4-3-5-10(15)8-9/h3-5,8,11,13H,2,6-7H2,1H3,(H,18,19)/t11-,13+/m1/s1. The molecule has 5 heteroatoms. The maximum atomic E-state index is 12.0. The zero-order valence-corrected chi connectivity index (χ0v) is 11.4. The van der Waals surface area contributed by atoms with E-state index in [4.69, 9.17) is 11.6 Å². The number of piperidine rings is 1. The molecule has 0 aromatic heterocycles. The van der Waals surface area contributed by atoms with Crippen molar-refractivity contribution in [3.05, 3.63) is 34.9 Å². The fourth-order valence-corrected chi connectivity index (χ4v) is 2.89. The Hall–Kier alpha value is -1.55. The van der Waals surface area contributed by atoms with E-state index in [1.54, 1.807) is 23.1 Å². The van der Waals surface area contributed by atoms with Gasteiger partial charge in [-0.05, 0) is 31.0 Å². The van der Waals surface area contributed by atoms with Crippen LogP contribution in [0.15, 0.2) is 24.3 Å². The van der Waals surface area contributed by atoms with E-state index in [-0.39, 0.29) is 5.91 Å². The summed E-state index contributed by atoms with van der Waals surface area (Å²) < 4.78 is 0. The van der Waals surface area contributed by atoms with E-state index in [1.165, 1.54) is 0 Å². The molecule has 1 aliphatic rings. The maximum Gasteiger partial charge on any atom is 0.308 e. The van der Waals surface area contributed by atoms with Crippen molar-refractivity contribution in [1.29, 1.82) is 0 Å². The number of hydrogen-bond acceptors (Lipinski definition) is 2. The van der Waals surface area contributed by atoms with Crippen LogP contribution in [0.2, 0.25) is 5.02 Å². The third kappa shape index (κ3) is 2.73. The first-order valence-electron chi connectivity index (χ1n) is 6.32. The molecule has 1 aliphatic heterocycles. The Bertz CT molecular complexity index is 501. The van der Waals surface area contributed by atoms with E-state index in [9.17, 15) is 14.7 Å². The lowest BCUT2D eigenvalue weighted by molar-refractivity contribution is -0.151. The summed E-state index contributed by atoms with van der Waals surface area (Å²) in [6.45, 7) is 2.36. The molecule has 1 aromatic carbocycles. The number of carbonyl (C=O) groups excluding carboxylic acids is 1. The van der Waals surface area contributed by atoms with Crippen molar-refractivity contribution in [3.63, 3.8) is 0 Å². The van der Waals surface area contributed by atoms with Gasteiger partial charge in [-0.2, -0.15) is 0 Å². The number of nitrogens with zero attached hydrogens (tertiary/aromatic N) is 1. The number of likely N-dealkylation sites (tertiary alicyclic amines) is 1. The molecule has 0 radical (unpaired) electrons. The molecule has 2 atom stereocenters. The molecule has 0 unspecified atom stereocenters. The molecule has 0 saturated carbocycles. The Morgan fingerprint density at radius 1 is 1.53 bits per heavy atom. The van der Waals surface area contributed by atoms with Crippen LogP contribution in [-0.2, 0) is 9.59 Å². The van der Waals surface area contributed by atoms with Gasteiger partial charge in [0.15, 0.2) is 0 Å². The van der Waals surface area contributed by atoms with E-state index in [0.29, 0.717) is 24.4 Å². The summed E-state index contributed by atoms with van der Waals surface area (Å²) in [6.07, 6.45) is 0.670. The van der Waals surface area contributed by atoms with Crippen molar-refractivity contribution >= 4 is 23.5 Å². The lowest BCUT2D eigenvalue weighted by atomic mass is 9.84. The van der Waals surface area contributed by atoms with Crippen LogP contribution < -0.4 is 0 Å². The lowest BCUT2D eigenvalue weighted by Crippen LogP contribution is -2.45. The van der Waals surface area contributed by atoms with Crippen LogP contribution in [-0.4, -0.2) is 28.4 Å². The molecular formula is C14H16ClNO3. The van der Waals surface area contributed by atoms with Gasteiger partial charge >= 0.3 is 5.97 Å². The Kier molecular flexibility index (Phi) is 4.10. The Balaban J connectivity index is 2.44. The fourth-order valence-electron chi connectivity index (χ4n) is 2.69. The van der Waals surface area contributed by atoms with Gasteiger partial charge in [-0.1, -0.05) is 23.7 Å². The minimum atomic E-state index is -0.865. The average molecular weight is 282 g/mol. The van der Waals surface area contributed by atoms with Gasteiger partial charge in [0.1, 0.15) is 0 Å². The highest BCUT2D eigenvalue weighted by Crippen LogP contribution is 2.37. The number of carboxylic acid groups (broad SMARTS) is 1. The molecule has 1 aromatic rings. The number of rotatable bonds is 3. The smallest absolute Gasteiger partial charge is 0.308 e. The molecule has 102 valence electrons. The van der Waals surface area contributed by atoms with Gasteiger partial charge < -0.3 is 10.0 Å². The van der Waals surface area contributed by atoms with Crippen molar-refractivity contribution in [3.8, 4) is 0 Å². The molecular weight excluding hydrogens is 266 g/mol. The monoisotopic (exact) mass is 281 g/mol. The minimum Gasteiger partial charge on any atom is -0.481 e. The number of carboxylic acids is 1. The van der Waals surface area contributed by atoms with Gasteiger partial charge in [-0.3, -0.25) is 9.59 Å². The van der Waals surface area contributed by atoms with Gasteiger partial charge in [-0.25, -0.2) is 0 Å². The van der Waals surface area contributed by atoms with Crippen LogP contribution in [0.4, 0.5) is 0 Å². The molecule has 0 spiro atoms. The van der Waals surface area contributed by atoms with Crippen molar-refractivity contribution in [1.82, 2.24) is 4.90 Å². The zero-order valence-electron chi connectivity index (χ0n) is 10.7. The number of amides is 1. The van der Waals surface area contributed by atoms with E-state index in [0.717, 1.165) is 5.56 Å². The molecule has 1 N–H and O–H groups in total. The molecule has 1 fully saturated rings. The SMILES string of the molecule is CCN1C(=O)CC[C@@H](C(=O)O)[C@@H]1c1cccc(Cl)c1. The quantitative estimate of drug-likeness (QED) is 0.927. The summed E-state index contributed by atoms with van der Waals surface area (Å²) in [5.41, 5.74) is 0.787. The molecule has 4 nitrogen and oxygen atoms in total. The molecule has 1 saturated heterocycles. The summed E-state index contributed by atoms with van der Waals surface area (Å²) in [5.74, 6) is -1.43. The third-order valence-corrected chi connectivity index (χ3v) is 3.79. The Morgan fingerprint density at radius 2 is 2.26 bits per heavy atom. The van der Waals surface area contributed by atoms with Crippen LogP contribution in [0.25, 0.3) is 0 Å². The normalized spacial score (nSPS) is 23.5. The molecule has 0 bridgehead atoms. The number of carbonyl (C=O) groups is 2.